The molecule has 2 rings (SSSR count). The van der Waals surface area contributed by atoms with Gasteiger partial charge in [-0.25, -0.2) is 0 Å². The Labute approximate surface area is 138 Å². The van der Waals surface area contributed by atoms with Gasteiger partial charge in [-0.2, -0.15) is 0 Å². The summed E-state index contributed by atoms with van der Waals surface area (Å²) >= 11 is 0. The number of benzene rings is 1. The maximum Gasteiger partial charge on any atom is 0.254 e. The highest BCUT2D eigenvalue weighted by atomic mass is 16.5. The van der Waals surface area contributed by atoms with Crippen molar-refractivity contribution in [3.63, 3.8) is 0 Å². The summed E-state index contributed by atoms with van der Waals surface area (Å²) in [6, 6.07) is 5.86. The fraction of sp³-hybridized carbons (Fsp3) is 0.611. The van der Waals surface area contributed by atoms with Crippen LogP contribution < -0.4 is 4.74 Å². The lowest BCUT2D eigenvalue weighted by molar-refractivity contribution is 0.0472. The van der Waals surface area contributed by atoms with E-state index in [0.717, 1.165) is 30.8 Å². The molecular formula is C18H28N2O3. The SMILES string of the molecule is CCOc1cc(C(=O)N2CCN(C(CC)CO)CC2)ccc1C. The van der Waals surface area contributed by atoms with Crippen LogP contribution in [0.4, 0.5) is 0 Å². The lowest BCUT2D eigenvalue weighted by atomic mass is 10.1. The van der Waals surface area contributed by atoms with Crippen LogP contribution >= 0.6 is 0 Å². The molecule has 1 heterocycles. The Morgan fingerprint density at radius 1 is 1.26 bits per heavy atom. The molecule has 1 amide bonds. The molecule has 0 radical (unpaired) electrons. The van der Waals surface area contributed by atoms with Gasteiger partial charge >= 0.3 is 0 Å². The number of rotatable bonds is 6. The van der Waals surface area contributed by atoms with E-state index in [1.807, 2.05) is 36.9 Å². The predicted molar refractivity (Wildman–Crippen MR) is 91.0 cm³/mol. The summed E-state index contributed by atoms with van der Waals surface area (Å²) in [4.78, 5) is 16.8. The monoisotopic (exact) mass is 320 g/mol. The first-order valence-electron chi connectivity index (χ1n) is 8.48. The number of hydrogen-bond donors (Lipinski definition) is 1. The zero-order valence-electron chi connectivity index (χ0n) is 14.4. The fourth-order valence-corrected chi connectivity index (χ4v) is 3.02. The van der Waals surface area contributed by atoms with E-state index in [-0.39, 0.29) is 18.6 Å². The summed E-state index contributed by atoms with van der Waals surface area (Å²) in [7, 11) is 0. The number of carbonyl (C=O) groups excluding carboxylic acids is 1. The lowest BCUT2D eigenvalue weighted by Crippen LogP contribution is -2.52. The van der Waals surface area contributed by atoms with Crippen molar-refractivity contribution in [1.82, 2.24) is 9.80 Å². The van der Waals surface area contributed by atoms with Gasteiger partial charge in [-0.1, -0.05) is 13.0 Å². The number of ether oxygens (including phenoxy) is 1. The van der Waals surface area contributed by atoms with Gasteiger partial charge in [0.15, 0.2) is 0 Å². The second-order valence-corrected chi connectivity index (χ2v) is 5.99. The molecule has 1 unspecified atom stereocenters. The molecule has 1 N–H and O–H groups in total. The third kappa shape index (κ3) is 4.24. The van der Waals surface area contributed by atoms with Crippen LogP contribution in [0.1, 0.15) is 36.2 Å². The van der Waals surface area contributed by atoms with Crippen LogP contribution in [0, 0.1) is 6.92 Å². The van der Waals surface area contributed by atoms with E-state index in [4.69, 9.17) is 4.74 Å². The van der Waals surface area contributed by atoms with Gasteiger partial charge in [0.25, 0.3) is 5.91 Å². The summed E-state index contributed by atoms with van der Waals surface area (Å²) in [6.07, 6.45) is 0.931. The van der Waals surface area contributed by atoms with Crippen LogP contribution in [0.3, 0.4) is 0 Å². The Morgan fingerprint density at radius 2 is 1.96 bits per heavy atom. The summed E-state index contributed by atoms with van der Waals surface area (Å²) < 4.78 is 5.59. The quantitative estimate of drug-likeness (QED) is 0.870. The maximum atomic E-state index is 12.7. The van der Waals surface area contributed by atoms with Crippen LogP contribution in [0.2, 0.25) is 0 Å². The minimum atomic E-state index is 0.0580. The average molecular weight is 320 g/mol. The molecule has 1 saturated heterocycles. The molecule has 0 spiro atoms. The Bertz CT molecular complexity index is 521. The maximum absolute atomic E-state index is 12.7. The van der Waals surface area contributed by atoms with Gasteiger partial charge in [0.1, 0.15) is 5.75 Å². The van der Waals surface area contributed by atoms with Crippen molar-refractivity contribution in [2.24, 2.45) is 0 Å². The lowest BCUT2D eigenvalue weighted by Gasteiger charge is -2.38. The molecule has 0 bridgehead atoms. The molecule has 23 heavy (non-hydrogen) atoms. The number of amides is 1. The smallest absolute Gasteiger partial charge is 0.254 e. The molecule has 1 aromatic carbocycles. The number of aryl methyl sites for hydroxylation is 1. The van der Waals surface area contributed by atoms with Crippen molar-refractivity contribution in [1.29, 1.82) is 0 Å². The van der Waals surface area contributed by atoms with Gasteiger partial charge in [0, 0.05) is 37.8 Å². The van der Waals surface area contributed by atoms with Crippen molar-refractivity contribution in [2.75, 3.05) is 39.4 Å². The van der Waals surface area contributed by atoms with Gasteiger partial charge < -0.3 is 14.7 Å². The molecule has 0 aliphatic carbocycles. The summed E-state index contributed by atoms with van der Waals surface area (Å²) in [6.45, 7) is 9.82. The minimum Gasteiger partial charge on any atom is -0.494 e. The van der Waals surface area contributed by atoms with Crippen molar-refractivity contribution in [3.05, 3.63) is 29.3 Å². The molecule has 5 nitrogen and oxygen atoms in total. The highest BCUT2D eigenvalue weighted by molar-refractivity contribution is 5.94. The van der Waals surface area contributed by atoms with Crippen LogP contribution in [0.5, 0.6) is 5.75 Å². The van der Waals surface area contributed by atoms with E-state index < -0.39 is 0 Å². The molecular weight excluding hydrogens is 292 g/mol. The third-order valence-electron chi connectivity index (χ3n) is 4.53. The zero-order valence-corrected chi connectivity index (χ0v) is 14.4. The van der Waals surface area contributed by atoms with Gasteiger partial charge in [0.2, 0.25) is 0 Å². The van der Waals surface area contributed by atoms with Crippen LogP contribution in [-0.4, -0.2) is 66.2 Å². The Morgan fingerprint density at radius 3 is 2.52 bits per heavy atom. The van der Waals surface area contributed by atoms with Gasteiger partial charge in [-0.15, -0.1) is 0 Å². The highest BCUT2D eigenvalue weighted by Crippen LogP contribution is 2.21. The Hall–Kier alpha value is -1.59. The number of nitrogens with zero attached hydrogens (tertiary/aromatic N) is 2. The fourth-order valence-electron chi connectivity index (χ4n) is 3.02. The second-order valence-electron chi connectivity index (χ2n) is 5.99. The molecule has 128 valence electrons. The Balaban J connectivity index is 2.01. The van der Waals surface area contributed by atoms with E-state index in [2.05, 4.69) is 11.8 Å². The average Bonchev–Trinajstić information content (AvgIpc) is 2.58. The first-order valence-corrected chi connectivity index (χ1v) is 8.48. The van der Waals surface area contributed by atoms with E-state index in [0.29, 0.717) is 25.3 Å². The molecule has 5 heteroatoms. The van der Waals surface area contributed by atoms with Gasteiger partial charge in [0.05, 0.1) is 13.2 Å². The predicted octanol–water partition coefficient (Wildman–Crippen LogP) is 1.92. The first kappa shape index (κ1) is 17.8. The summed E-state index contributed by atoms with van der Waals surface area (Å²) in [5.74, 6) is 0.839. The third-order valence-corrected chi connectivity index (χ3v) is 4.53. The zero-order chi connectivity index (χ0) is 16.8. The van der Waals surface area contributed by atoms with Crippen LogP contribution in [-0.2, 0) is 0 Å². The van der Waals surface area contributed by atoms with Crippen molar-refractivity contribution in [2.45, 2.75) is 33.2 Å². The van der Waals surface area contributed by atoms with E-state index >= 15 is 0 Å². The molecule has 1 aromatic rings. The van der Waals surface area contributed by atoms with Crippen molar-refractivity contribution in [3.8, 4) is 5.75 Å². The van der Waals surface area contributed by atoms with E-state index in [1.165, 1.54) is 0 Å². The van der Waals surface area contributed by atoms with E-state index in [1.54, 1.807) is 0 Å². The van der Waals surface area contributed by atoms with Crippen LogP contribution in [0.15, 0.2) is 18.2 Å². The summed E-state index contributed by atoms with van der Waals surface area (Å²) in [5, 5.41) is 9.40. The number of carbonyl (C=O) groups is 1. The molecule has 1 atom stereocenters. The second kappa shape index (κ2) is 8.31. The topological polar surface area (TPSA) is 53.0 Å². The van der Waals surface area contributed by atoms with Crippen LogP contribution in [0.25, 0.3) is 0 Å². The number of piperazine rings is 1. The Kier molecular flexibility index (Phi) is 6.42. The molecule has 1 fully saturated rings. The van der Waals surface area contributed by atoms with Gasteiger partial charge in [-0.3, -0.25) is 9.69 Å². The number of aliphatic hydroxyl groups is 1. The first-order chi connectivity index (χ1) is 11.1. The molecule has 1 aliphatic rings. The molecule has 0 aromatic heterocycles. The molecule has 0 saturated carbocycles. The van der Waals surface area contributed by atoms with E-state index in [9.17, 15) is 9.90 Å². The minimum absolute atomic E-state index is 0.0580. The molecule has 1 aliphatic heterocycles. The number of aliphatic hydroxyl groups excluding tert-OH is 1. The highest BCUT2D eigenvalue weighted by Gasteiger charge is 2.25. The number of hydrogen-bond acceptors (Lipinski definition) is 4. The van der Waals surface area contributed by atoms with Crippen molar-refractivity contribution < 1.29 is 14.6 Å². The summed E-state index contributed by atoms with van der Waals surface area (Å²) in [5.41, 5.74) is 1.73. The standard InChI is InChI=1S/C18H28N2O3/c1-4-16(13-21)19-8-10-20(11-9-19)18(22)15-7-6-14(3)17(12-15)23-5-2/h6-7,12,16,21H,4-5,8-11,13H2,1-3H3. The largest absolute Gasteiger partial charge is 0.494 e. The van der Waals surface area contributed by atoms with Crippen molar-refractivity contribution >= 4 is 5.91 Å². The van der Waals surface area contributed by atoms with Gasteiger partial charge in [-0.05, 0) is 38.0 Å². The normalized spacial score (nSPS) is 17.1.